The molecule has 0 aromatic heterocycles. The second-order valence-electron chi connectivity index (χ2n) is 4.48. The highest BCUT2D eigenvalue weighted by Gasteiger charge is 2.06. The Kier molecular flexibility index (Phi) is 5.99. The quantitative estimate of drug-likeness (QED) is 0.784. The number of halogens is 2. The van der Waals surface area contributed by atoms with Gasteiger partial charge >= 0.3 is 0 Å². The second-order valence-corrected chi connectivity index (χ2v) is 4.91. The van der Waals surface area contributed by atoms with Crippen LogP contribution in [-0.2, 0) is 11.3 Å². The molecule has 0 amide bonds. The Hall–Kier alpha value is -1.62. The van der Waals surface area contributed by atoms with E-state index in [1.807, 2.05) is 12.1 Å². The summed E-state index contributed by atoms with van der Waals surface area (Å²) < 4.78 is 23.7. The molecule has 3 nitrogen and oxygen atoms in total. The summed E-state index contributed by atoms with van der Waals surface area (Å²) in [4.78, 5) is 0. The van der Waals surface area contributed by atoms with Crippen molar-refractivity contribution in [1.29, 1.82) is 0 Å². The lowest BCUT2D eigenvalue weighted by atomic mass is 10.2. The summed E-state index contributed by atoms with van der Waals surface area (Å²) >= 11 is 6.01. The molecule has 0 fully saturated rings. The fourth-order valence-electron chi connectivity index (χ4n) is 1.80. The molecule has 0 saturated heterocycles. The van der Waals surface area contributed by atoms with E-state index in [9.17, 15) is 4.39 Å². The van der Waals surface area contributed by atoms with Gasteiger partial charge < -0.3 is 14.8 Å². The van der Waals surface area contributed by atoms with Crippen molar-refractivity contribution in [2.24, 2.45) is 0 Å². The Morgan fingerprint density at radius 1 is 1.14 bits per heavy atom. The smallest absolute Gasteiger partial charge is 0.133 e. The molecule has 0 aliphatic carbocycles. The van der Waals surface area contributed by atoms with Crippen LogP contribution in [0.1, 0.15) is 5.56 Å². The van der Waals surface area contributed by atoms with Gasteiger partial charge in [-0.05, 0) is 36.4 Å². The van der Waals surface area contributed by atoms with Crippen molar-refractivity contribution < 1.29 is 13.9 Å². The number of hydrogen-bond donors (Lipinski definition) is 1. The minimum absolute atomic E-state index is 0.296. The summed E-state index contributed by atoms with van der Waals surface area (Å²) in [5.74, 6) is 0.922. The van der Waals surface area contributed by atoms with Crippen molar-refractivity contribution in [3.8, 4) is 11.5 Å². The van der Waals surface area contributed by atoms with Crippen molar-refractivity contribution in [3.05, 3.63) is 58.9 Å². The third-order valence-electron chi connectivity index (χ3n) is 2.87. The Morgan fingerprint density at radius 3 is 2.62 bits per heavy atom. The van der Waals surface area contributed by atoms with E-state index in [1.54, 1.807) is 25.3 Å². The summed E-state index contributed by atoms with van der Waals surface area (Å²) in [6.07, 6.45) is 0. The van der Waals surface area contributed by atoms with Crippen LogP contribution < -0.4 is 10.1 Å². The summed E-state index contributed by atoms with van der Waals surface area (Å²) in [5.41, 5.74) is 0.972. The van der Waals surface area contributed by atoms with Crippen molar-refractivity contribution in [2.45, 2.75) is 6.54 Å². The first-order chi connectivity index (χ1) is 10.2. The van der Waals surface area contributed by atoms with E-state index in [-0.39, 0.29) is 5.82 Å². The molecule has 0 radical (unpaired) electrons. The van der Waals surface area contributed by atoms with Crippen molar-refractivity contribution in [3.63, 3.8) is 0 Å². The van der Waals surface area contributed by atoms with Gasteiger partial charge in [0.1, 0.15) is 17.3 Å². The van der Waals surface area contributed by atoms with Gasteiger partial charge in [-0.15, -0.1) is 0 Å². The molecular weight excluding hydrogens is 293 g/mol. The average molecular weight is 310 g/mol. The van der Waals surface area contributed by atoms with Crippen LogP contribution in [-0.4, -0.2) is 20.3 Å². The highest BCUT2D eigenvalue weighted by Crippen LogP contribution is 2.28. The van der Waals surface area contributed by atoms with E-state index in [1.165, 1.54) is 12.1 Å². The predicted molar refractivity (Wildman–Crippen MR) is 81.5 cm³/mol. The van der Waals surface area contributed by atoms with E-state index >= 15 is 0 Å². The van der Waals surface area contributed by atoms with Crippen LogP contribution >= 0.6 is 11.6 Å². The number of benzene rings is 2. The lowest BCUT2D eigenvalue weighted by Crippen LogP contribution is -2.18. The van der Waals surface area contributed by atoms with Gasteiger partial charge in [-0.2, -0.15) is 0 Å². The maximum Gasteiger partial charge on any atom is 0.133 e. The van der Waals surface area contributed by atoms with Crippen LogP contribution in [0.3, 0.4) is 0 Å². The molecule has 0 atom stereocenters. The largest absolute Gasteiger partial charge is 0.457 e. The Labute approximate surface area is 128 Å². The molecule has 2 rings (SSSR count). The van der Waals surface area contributed by atoms with Crippen LogP contribution in [0.25, 0.3) is 0 Å². The summed E-state index contributed by atoms with van der Waals surface area (Å²) in [6, 6.07) is 11.3. The van der Waals surface area contributed by atoms with Gasteiger partial charge in [0.25, 0.3) is 0 Å². The van der Waals surface area contributed by atoms with Crippen LogP contribution in [0.15, 0.2) is 42.5 Å². The Bertz CT molecular complexity index is 575. The van der Waals surface area contributed by atoms with Gasteiger partial charge in [0, 0.05) is 30.8 Å². The van der Waals surface area contributed by atoms with Crippen molar-refractivity contribution in [1.82, 2.24) is 5.32 Å². The number of methoxy groups -OCH3 is 1. The zero-order valence-corrected chi connectivity index (χ0v) is 12.5. The van der Waals surface area contributed by atoms with Gasteiger partial charge in [-0.25, -0.2) is 4.39 Å². The number of hydrogen-bond acceptors (Lipinski definition) is 3. The number of nitrogens with one attached hydrogen (secondary N) is 1. The first kappa shape index (κ1) is 15.8. The third kappa shape index (κ3) is 5.01. The SMILES string of the molecule is COCCNCc1ccc(Cl)cc1Oc1ccc(F)cc1. The van der Waals surface area contributed by atoms with Gasteiger partial charge in [-0.1, -0.05) is 17.7 Å². The standard InChI is InChI=1S/C16H17ClFNO2/c1-20-9-8-19-11-12-2-3-13(17)10-16(12)21-15-6-4-14(18)5-7-15/h2-7,10,19H,8-9,11H2,1H3. The lowest BCUT2D eigenvalue weighted by molar-refractivity contribution is 0.199. The van der Waals surface area contributed by atoms with Crippen LogP contribution in [0.5, 0.6) is 11.5 Å². The normalized spacial score (nSPS) is 10.6. The molecule has 0 unspecified atom stereocenters. The molecule has 1 N–H and O–H groups in total. The molecule has 2 aromatic rings. The van der Waals surface area contributed by atoms with E-state index in [2.05, 4.69) is 5.32 Å². The molecule has 5 heteroatoms. The highest BCUT2D eigenvalue weighted by molar-refractivity contribution is 6.30. The predicted octanol–water partition coefficient (Wildman–Crippen LogP) is 4.01. The fraction of sp³-hybridized carbons (Fsp3) is 0.250. The third-order valence-corrected chi connectivity index (χ3v) is 3.10. The Morgan fingerprint density at radius 2 is 1.90 bits per heavy atom. The maximum absolute atomic E-state index is 12.9. The van der Waals surface area contributed by atoms with Crippen LogP contribution in [0, 0.1) is 5.82 Å². The monoisotopic (exact) mass is 309 g/mol. The maximum atomic E-state index is 12.9. The molecule has 0 heterocycles. The molecule has 0 spiro atoms. The summed E-state index contributed by atoms with van der Waals surface area (Å²) in [7, 11) is 1.66. The van der Waals surface area contributed by atoms with Crippen molar-refractivity contribution in [2.75, 3.05) is 20.3 Å². The van der Waals surface area contributed by atoms with E-state index in [0.29, 0.717) is 29.7 Å². The summed E-state index contributed by atoms with van der Waals surface area (Å²) in [5, 5.41) is 3.84. The fourth-order valence-corrected chi connectivity index (χ4v) is 1.96. The number of rotatable bonds is 7. The van der Waals surface area contributed by atoms with Gasteiger partial charge in [0.15, 0.2) is 0 Å². The van der Waals surface area contributed by atoms with Gasteiger partial charge in [0.2, 0.25) is 0 Å². The molecule has 21 heavy (non-hydrogen) atoms. The molecule has 0 aliphatic rings. The lowest BCUT2D eigenvalue weighted by Gasteiger charge is -2.12. The summed E-state index contributed by atoms with van der Waals surface area (Å²) in [6.45, 7) is 2.02. The minimum Gasteiger partial charge on any atom is -0.457 e. The molecular formula is C16H17ClFNO2. The molecule has 2 aromatic carbocycles. The minimum atomic E-state index is -0.296. The Balaban J connectivity index is 2.09. The van der Waals surface area contributed by atoms with E-state index in [0.717, 1.165) is 12.1 Å². The second kappa shape index (κ2) is 7.98. The zero-order valence-electron chi connectivity index (χ0n) is 11.7. The number of ether oxygens (including phenoxy) is 2. The highest BCUT2D eigenvalue weighted by atomic mass is 35.5. The molecule has 112 valence electrons. The average Bonchev–Trinajstić information content (AvgIpc) is 2.48. The van der Waals surface area contributed by atoms with Crippen molar-refractivity contribution >= 4 is 11.6 Å². The van der Waals surface area contributed by atoms with Crippen LogP contribution in [0.4, 0.5) is 4.39 Å². The first-order valence-corrected chi connectivity index (χ1v) is 6.98. The topological polar surface area (TPSA) is 30.5 Å². The van der Waals surface area contributed by atoms with E-state index in [4.69, 9.17) is 21.1 Å². The van der Waals surface area contributed by atoms with Gasteiger partial charge in [-0.3, -0.25) is 0 Å². The van der Waals surface area contributed by atoms with Crippen LogP contribution in [0.2, 0.25) is 5.02 Å². The molecule has 0 bridgehead atoms. The first-order valence-electron chi connectivity index (χ1n) is 6.60. The molecule has 0 aliphatic heterocycles. The zero-order chi connectivity index (χ0) is 15.1. The van der Waals surface area contributed by atoms with E-state index < -0.39 is 0 Å². The molecule has 0 saturated carbocycles. The van der Waals surface area contributed by atoms with Gasteiger partial charge in [0.05, 0.1) is 6.61 Å².